The van der Waals surface area contributed by atoms with Gasteiger partial charge in [-0.25, -0.2) is 8.42 Å². The van der Waals surface area contributed by atoms with Crippen LogP contribution in [0.15, 0.2) is 41.3 Å². The summed E-state index contributed by atoms with van der Waals surface area (Å²) in [5.74, 6) is -2.52. The molecule has 10 heteroatoms. The van der Waals surface area contributed by atoms with Gasteiger partial charge < -0.3 is 0 Å². The Morgan fingerprint density at radius 1 is 0.968 bits per heavy atom. The molecular weight excluding hydrogens is 422 g/mol. The highest BCUT2D eigenvalue weighted by Crippen LogP contribution is 2.31. The number of hydrogen-bond acceptors (Lipinski definition) is 6. The van der Waals surface area contributed by atoms with Crippen molar-refractivity contribution in [2.45, 2.75) is 37.6 Å². The SMILES string of the molecule is Cc1cccc(C)c1S(=O)(=O)Nc1ccc2c(c1)C(=O)N(C1CCC(=O)NC1=O)C2=O. The first-order valence-electron chi connectivity index (χ1n) is 9.55. The third-order valence-electron chi connectivity index (χ3n) is 5.37. The van der Waals surface area contributed by atoms with E-state index >= 15 is 0 Å². The molecule has 160 valence electrons. The number of nitrogens with zero attached hydrogens (tertiary/aromatic N) is 1. The predicted octanol–water partition coefficient (Wildman–Crippen LogP) is 1.51. The summed E-state index contributed by atoms with van der Waals surface area (Å²) in [5.41, 5.74) is 1.33. The summed E-state index contributed by atoms with van der Waals surface area (Å²) in [4.78, 5) is 50.1. The van der Waals surface area contributed by atoms with Crippen LogP contribution < -0.4 is 10.0 Å². The Morgan fingerprint density at radius 3 is 2.26 bits per heavy atom. The molecule has 9 nitrogen and oxygen atoms in total. The van der Waals surface area contributed by atoms with Gasteiger partial charge in [0.2, 0.25) is 11.8 Å². The van der Waals surface area contributed by atoms with Crippen LogP contribution in [0.3, 0.4) is 0 Å². The number of carbonyl (C=O) groups excluding carboxylic acids is 4. The summed E-state index contributed by atoms with van der Waals surface area (Å²) in [6.45, 7) is 3.37. The first-order chi connectivity index (χ1) is 14.6. The number of anilines is 1. The minimum atomic E-state index is -3.93. The number of carbonyl (C=O) groups is 4. The van der Waals surface area contributed by atoms with Crippen molar-refractivity contribution in [3.8, 4) is 0 Å². The molecule has 31 heavy (non-hydrogen) atoms. The highest BCUT2D eigenvalue weighted by atomic mass is 32.2. The summed E-state index contributed by atoms with van der Waals surface area (Å²) >= 11 is 0. The van der Waals surface area contributed by atoms with E-state index in [0.29, 0.717) is 11.1 Å². The Hall–Kier alpha value is -3.53. The summed E-state index contributed by atoms with van der Waals surface area (Å²) in [6.07, 6.45) is 0.0623. The fourth-order valence-electron chi connectivity index (χ4n) is 3.96. The number of sulfonamides is 1. The van der Waals surface area contributed by atoms with Gasteiger partial charge in [-0.1, -0.05) is 18.2 Å². The van der Waals surface area contributed by atoms with E-state index in [1.165, 1.54) is 18.2 Å². The number of aryl methyl sites for hydroxylation is 2. The van der Waals surface area contributed by atoms with Crippen LogP contribution in [0.4, 0.5) is 5.69 Å². The maximum absolute atomic E-state index is 12.9. The Kier molecular flexibility index (Phi) is 4.89. The van der Waals surface area contributed by atoms with Crippen LogP contribution >= 0.6 is 0 Å². The second-order valence-corrected chi connectivity index (χ2v) is 9.15. The molecule has 2 aromatic carbocycles. The largest absolute Gasteiger partial charge is 0.295 e. The average molecular weight is 441 g/mol. The predicted molar refractivity (Wildman–Crippen MR) is 110 cm³/mol. The third kappa shape index (κ3) is 3.48. The van der Waals surface area contributed by atoms with Gasteiger partial charge in [-0.05, 0) is 49.6 Å². The Labute approximate surface area is 178 Å². The van der Waals surface area contributed by atoms with E-state index in [1.54, 1.807) is 32.0 Å². The van der Waals surface area contributed by atoms with Crippen molar-refractivity contribution in [1.29, 1.82) is 0 Å². The zero-order valence-corrected chi connectivity index (χ0v) is 17.6. The number of imide groups is 2. The van der Waals surface area contributed by atoms with Crippen LogP contribution in [-0.2, 0) is 19.6 Å². The molecule has 0 radical (unpaired) electrons. The highest BCUT2D eigenvalue weighted by molar-refractivity contribution is 7.92. The van der Waals surface area contributed by atoms with Crippen molar-refractivity contribution < 1.29 is 27.6 Å². The first-order valence-corrected chi connectivity index (χ1v) is 11.0. The monoisotopic (exact) mass is 441 g/mol. The highest BCUT2D eigenvalue weighted by Gasteiger charge is 2.44. The number of nitrogens with one attached hydrogen (secondary N) is 2. The van der Waals surface area contributed by atoms with Crippen molar-refractivity contribution >= 4 is 39.3 Å². The van der Waals surface area contributed by atoms with Crippen LogP contribution in [0, 0.1) is 13.8 Å². The topological polar surface area (TPSA) is 130 Å². The van der Waals surface area contributed by atoms with E-state index in [9.17, 15) is 27.6 Å². The van der Waals surface area contributed by atoms with Gasteiger partial charge in [0.25, 0.3) is 21.8 Å². The lowest BCUT2D eigenvalue weighted by Gasteiger charge is -2.27. The van der Waals surface area contributed by atoms with Gasteiger partial charge in [0.1, 0.15) is 6.04 Å². The fourth-order valence-corrected chi connectivity index (χ4v) is 5.49. The van der Waals surface area contributed by atoms with Crippen LogP contribution in [0.25, 0.3) is 0 Å². The third-order valence-corrected chi connectivity index (χ3v) is 7.06. The van der Waals surface area contributed by atoms with E-state index in [2.05, 4.69) is 10.0 Å². The van der Waals surface area contributed by atoms with Crippen LogP contribution in [0.1, 0.15) is 44.7 Å². The molecule has 0 bridgehead atoms. The number of benzene rings is 2. The first kappa shape index (κ1) is 20.7. The van der Waals surface area contributed by atoms with Crippen molar-refractivity contribution in [3.05, 3.63) is 58.7 Å². The summed E-state index contributed by atoms with van der Waals surface area (Å²) < 4.78 is 28.3. The van der Waals surface area contributed by atoms with E-state index in [0.717, 1.165) is 4.90 Å². The van der Waals surface area contributed by atoms with Gasteiger partial charge in [0.15, 0.2) is 0 Å². The zero-order chi connectivity index (χ0) is 22.5. The van der Waals surface area contributed by atoms with E-state index in [1.807, 2.05) is 0 Å². The molecule has 2 N–H and O–H groups in total. The molecule has 0 spiro atoms. The normalized spacial score (nSPS) is 18.8. The maximum Gasteiger partial charge on any atom is 0.262 e. The maximum atomic E-state index is 12.9. The molecule has 0 aromatic heterocycles. The second kappa shape index (κ2) is 7.31. The number of amides is 4. The molecule has 1 fully saturated rings. The number of piperidine rings is 1. The minimum Gasteiger partial charge on any atom is -0.295 e. The molecule has 1 saturated heterocycles. The quantitative estimate of drug-likeness (QED) is 0.692. The standard InChI is InChI=1S/C21H19N3O6S/c1-11-4-3-5-12(2)18(11)31(29,30)23-13-6-7-14-15(10-13)21(28)24(20(14)27)16-8-9-17(25)22-19(16)26/h3-7,10,16,23H,8-9H2,1-2H3,(H,22,25,26). The molecular formula is C21H19N3O6S. The summed E-state index contributed by atoms with van der Waals surface area (Å²) in [7, 11) is -3.93. The molecule has 1 atom stereocenters. The Morgan fingerprint density at radius 2 is 1.61 bits per heavy atom. The molecule has 2 heterocycles. The molecule has 2 aliphatic rings. The van der Waals surface area contributed by atoms with Crippen molar-refractivity contribution in [2.75, 3.05) is 4.72 Å². The van der Waals surface area contributed by atoms with Gasteiger partial charge in [-0.15, -0.1) is 0 Å². The lowest BCUT2D eigenvalue weighted by atomic mass is 10.0. The van der Waals surface area contributed by atoms with Crippen molar-refractivity contribution in [2.24, 2.45) is 0 Å². The van der Waals surface area contributed by atoms with E-state index in [4.69, 9.17) is 0 Å². The number of hydrogen-bond donors (Lipinski definition) is 2. The molecule has 0 saturated carbocycles. The smallest absolute Gasteiger partial charge is 0.262 e. The molecule has 2 aliphatic heterocycles. The lowest BCUT2D eigenvalue weighted by Crippen LogP contribution is -2.54. The Bertz CT molecular complexity index is 1250. The molecule has 4 amide bonds. The number of fused-ring (bicyclic) bond motifs is 1. The minimum absolute atomic E-state index is 0.00333. The van der Waals surface area contributed by atoms with Gasteiger partial charge in [0.05, 0.1) is 16.0 Å². The van der Waals surface area contributed by atoms with Gasteiger partial charge in [0, 0.05) is 12.1 Å². The molecule has 0 aliphatic carbocycles. The second-order valence-electron chi connectivity index (χ2n) is 7.53. The van der Waals surface area contributed by atoms with E-state index in [-0.39, 0.29) is 34.6 Å². The molecule has 1 unspecified atom stereocenters. The summed E-state index contributed by atoms with van der Waals surface area (Å²) in [6, 6.07) is 8.07. The zero-order valence-electron chi connectivity index (χ0n) is 16.8. The van der Waals surface area contributed by atoms with Crippen molar-refractivity contribution in [3.63, 3.8) is 0 Å². The van der Waals surface area contributed by atoms with Gasteiger partial charge >= 0.3 is 0 Å². The number of rotatable bonds is 4. The van der Waals surface area contributed by atoms with E-state index < -0.39 is 39.7 Å². The van der Waals surface area contributed by atoms with Crippen molar-refractivity contribution in [1.82, 2.24) is 10.2 Å². The van der Waals surface area contributed by atoms with Crippen LogP contribution in [0.2, 0.25) is 0 Å². The molecule has 4 rings (SSSR count). The van der Waals surface area contributed by atoms with Gasteiger partial charge in [-0.3, -0.25) is 34.1 Å². The Balaban J connectivity index is 1.65. The van der Waals surface area contributed by atoms with Crippen LogP contribution in [-0.4, -0.2) is 43.0 Å². The van der Waals surface area contributed by atoms with Crippen LogP contribution in [0.5, 0.6) is 0 Å². The van der Waals surface area contributed by atoms with Gasteiger partial charge in [-0.2, -0.15) is 0 Å². The molecule has 2 aromatic rings. The average Bonchev–Trinajstić information content (AvgIpc) is 2.92. The lowest BCUT2D eigenvalue weighted by molar-refractivity contribution is -0.136. The fraction of sp³-hybridized carbons (Fsp3) is 0.238. The summed E-state index contributed by atoms with van der Waals surface area (Å²) in [5, 5.41) is 2.13.